The number of carbonyl (C=O) groups is 1. The molecule has 0 bridgehead atoms. The van der Waals surface area contributed by atoms with Crippen LogP contribution in [0.1, 0.15) is 39.8 Å². The Labute approximate surface area is 160 Å². The van der Waals surface area contributed by atoms with Crippen molar-refractivity contribution in [2.24, 2.45) is 0 Å². The van der Waals surface area contributed by atoms with Crippen LogP contribution < -0.4 is 14.2 Å². The number of aryl methyl sites for hydroxylation is 1. The minimum atomic E-state index is -0.364. The van der Waals surface area contributed by atoms with Gasteiger partial charge in [-0.3, -0.25) is 0 Å². The molecule has 0 radical (unpaired) electrons. The molecule has 0 aliphatic carbocycles. The maximum Gasteiger partial charge on any atom is 0.333 e. The standard InChI is InChI=1S/C21H29NO5/c1-6-24-17-12-11-15-18(20(17)26-8-3)19(25-7-2)16(22-15)10-9-13-27-21(23)14(4)5/h11-12,22H,4,6-10,13H2,1-3,5H3. The van der Waals surface area contributed by atoms with E-state index in [4.69, 9.17) is 18.9 Å². The number of aromatic amines is 1. The monoisotopic (exact) mass is 375 g/mol. The number of carbonyl (C=O) groups excluding carboxylic acids is 1. The largest absolute Gasteiger partial charge is 0.491 e. The first-order chi connectivity index (χ1) is 13.0. The van der Waals surface area contributed by atoms with E-state index < -0.39 is 0 Å². The van der Waals surface area contributed by atoms with Gasteiger partial charge in [0, 0.05) is 5.57 Å². The van der Waals surface area contributed by atoms with Crippen LogP contribution in [0.2, 0.25) is 0 Å². The average Bonchev–Trinajstić information content (AvgIpc) is 2.99. The van der Waals surface area contributed by atoms with Gasteiger partial charge in [0.2, 0.25) is 0 Å². The zero-order valence-corrected chi connectivity index (χ0v) is 16.6. The van der Waals surface area contributed by atoms with Crippen LogP contribution in [0.15, 0.2) is 24.3 Å². The zero-order chi connectivity index (χ0) is 19.8. The number of fused-ring (bicyclic) bond motifs is 1. The lowest BCUT2D eigenvalue weighted by Crippen LogP contribution is -2.07. The van der Waals surface area contributed by atoms with Crippen molar-refractivity contribution in [3.8, 4) is 17.2 Å². The molecule has 1 heterocycles. The quantitative estimate of drug-likeness (QED) is 0.358. The van der Waals surface area contributed by atoms with Crippen LogP contribution in [0.5, 0.6) is 17.2 Å². The molecule has 0 saturated heterocycles. The van der Waals surface area contributed by atoms with Gasteiger partial charge >= 0.3 is 5.97 Å². The van der Waals surface area contributed by atoms with Gasteiger partial charge in [-0.2, -0.15) is 0 Å². The van der Waals surface area contributed by atoms with E-state index in [1.165, 1.54) is 0 Å². The third-order valence-corrected chi connectivity index (χ3v) is 3.94. The second-order valence-electron chi connectivity index (χ2n) is 6.07. The fourth-order valence-corrected chi connectivity index (χ4v) is 2.84. The van der Waals surface area contributed by atoms with E-state index in [0.717, 1.165) is 22.3 Å². The summed E-state index contributed by atoms with van der Waals surface area (Å²) in [6, 6.07) is 3.87. The molecule has 1 aromatic heterocycles. The van der Waals surface area contributed by atoms with Gasteiger partial charge in [-0.15, -0.1) is 0 Å². The second kappa shape index (κ2) is 9.90. The number of esters is 1. The van der Waals surface area contributed by atoms with E-state index in [1.807, 2.05) is 32.9 Å². The topological polar surface area (TPSA) is 69.8 Å². The summed E-state index contributed by atoms with van der Waals surface area (Å²) in [4.78, 5) is 14.9. The second-order valence-corrected chi connectivity index (χ2v) is 6.07. The van der Waals surface area contributed by atoms with E-state index in [1.54, 1.807) is 6.92 Å². The third-order valence-electron chi connectivity index (χ3n) is 3.94. The highest BCUT2D eigenvalue weighted by molar-refractivity contribution is 5.95. The SMILES string of the molecule is C=C(C)C(=O)OCCCc1[nH]c2ccc(OCC)c(OCC)c2c1OCC. The van der Waals surface area contributed by atoms with Gasteiger partial charge in [-0.25, -0.2) is 4.79 Å². The van der Waals surface area contributed by atoms with E-state index >= 15 is 0 Å². The predicted molar refractivity (Wildman–Crippen MR) is 106 cm³/mol. The highest BCUT2D eigenvalue weighted by atomic mass is 16.5. The van der Waals surface area contributed by atoms with Gasteiger partial charge in [0.25, 0.3) is 0 Å². The number of benzene rings is 1. The number of hydrogen-bond donors (Lipinski definition) is 1. The fraction of sp³-hybridized carbons (Fsp3) is 0.476. The van der Waals surface area contributed by atoms with Crippen molar-refractivity contribution in [1.82, 2.24) is 4.98 Å². The lowest BCUT2D eigenvalue weighted by molar-refractivity contribution is -0.139. The van der Waals surface area contributed by atoms with Crippen molar-refractivity contribution in [1.29, 1.82) is 0 Å². The van der Waals surface area contributed by atoms with Crippen molar-refractivity contribution in [2.45, 2.75) is 40.5 Å². The Hall–Kier alpha value is -2.63. The molecular weight excluding hydrogens is 346 g/mol. The molecule has 2 rings (SSSR count). The summed E-state index contributed by atoms with van der Waals surface area (Å²) in [7, 11) is 0. The van der Waals surface area contributed by atoms with E-state index in [9.17, 15) is 4.79 Å². The average molecular weight is 375 g/mol. The molecule has 0 aliphatic heterocycles. The summed E-state index contributed by atoms with van der Waals surface area (Å²) in [5.74, 6) is 1.80. The van der Waals surface area contributed by atoms with Gasteiger partial charge in [0.05, 0.1) is 43.0 Å². The van der Waals surface area contributed by atoms with Crippen molar-refractivity contribution in [2.75, 3.05) is 26.4 Å². The van der Waals surface area contributed by atoms with Crippen LogP contribution in [0.4, 0.5) is 0 Å². The van der Waals surface area contributed by atoms with Crippen LogP contribution in [-0.4, -0.2) is 37.4 Å². The van der Waals surface area contributed by atoms with Gasteiger partial charge in [0.1, 0.15) is 0 Å². The number of nitrogens with one attached hydrogen (secondary N) is 1. The van der Waals surface area contributed by atoms with Crippen molar-refractivity contribution in [3.05, 3.63) is 30.0 Å². The number of ether oxygens (including phenoxy) is 4. The molecule has 0 spiro atoms. The molecule has 2 aromatic rings. The maximum absolute atomic E-state index is 11.5. The van der Waals surface area contributed by atoms with Crippen LogP contribution in [0.3, 0.4) is 0 Å². The van der Waals surface area contributed by atoms with E-state index in [2.05, 4.69) is 11.6 Å². The molecule has 1 aromatic carbocycles. The van der Waals surface area contributed by atoms with Gasteiger partial charge < -0.3 is 23.9 Å². The minimum Gasteiger partial charge on any atom is -0.491 e. The molecule has 27 heavy (non-hydrogen) atoms. The Balaban J connectivity index is 2.30. The first kappa shape index (κ1) is 20.7. The first-order valence-corrected chi connectivity index (χ1v) is 9.41. The first-order valence-electron chi connectivity index (χ1n) is 9.41. The molecule has 0 atom stereocenters. The molecular formula is C21H29NO5. The molecule has 1 N–H and O–H groups in total. The number of aromatic nitrogens is 1. The van der Waals surface area contributed by atoms with Crippen molar-refractivity contribution in [3.63, 3.8) is 0 Å². The summed E-state index contributed by atoms with van der Waals surface area (Å²) in [6.07, 6.45) is 1.36. The number of rotatable bonds is 11. The Morgan fingerprint density at radius 3 is 2.33 bits per heavy atom. The van der Waals surface area contributed by atoms with Crippen LogP contribution in [0, 0.1) is 0 Å². The maximum atomic E-state index is 11.5. The van der Waals surface area contributed by atoms with Crippen LogP contribution >= 0.6 is 0 Å². The molecule has 0 amide bonds. The Morgan fingerprint density at radius 1 is 1.04 bits per heavy atom. The summed E-state index contributed by atoms with van der Waals surface area (Å²) in [5.41, 5.74) is 2.28. The Kier molecular flexibility index (Phi) is 7.58. The zero-order valence-electron chi connectivity index (χ0n) is 16.6. The molecule has 0 aliphatic rings. The highest BCUT2D eigenvalue weighted by Gasteiger charge is 2.20. The van der Waals surface area contributed by atoms with Gasteiger partial charge in [-0.1, -0.05) is 6.58 Å². The van der Waals surface area contributed by atoms with E-state index in [0.29, 0.717) is 56.3 Å². The smallest absolute Gasteiger partial charge is 0.333 e. The molecule has 0 fully saturated rings. The summed E-state index contributed by atoms with van der Waals surface area (Å²) < 4.78 is 22.7. The number of hydrogen-bond acceptors (Lipinski definition) is 5. The summed E-state index contributed by atoms with van der Waals surface area (Å²) in [6.45, 7) is 13.0. The molecule has 0 saturated carbocycles. The van der Waals surface area contributed by atoms with Crippen molar-refractivity contribution < 1.29 is 23.7 Å². The molecule has 6 nitrogen and oxygen atoms in total. The van der Waals surface area contributed by atoms with Gasteiger partial charge in [-0.05, 0) is 52.7 Å². The predicted octanol–water partition coefficient (Wildman–Crippen LogP) is 4.42. The lowest BCUT2D eigenvalue weighted by atomic mass is 10.1. The third kappa shape index (κ3) is 4.96. The molecule has 6 heteroatoms. The summed E-state index contributed by atoms with van der Waals surface area (Å²) in [5, 5.41) is 0.888. The Bertz CT molecular complexity index is 793. The van der Waals surface area contributed by atoms with Crippen LogP contribution in [-0.2, 0) is 16.0 Å². The Morgan fingerprint density at radius 2 is 1.70 bits per heavy atom. The normalized spacial score (nSPS) is 10.7. The number of H-pyrrole nitrogens is 1. The molecule has 148 valence electrons. The van der Waals surface area contributed by atoms with Gasteiger partial charge in [0.15, 0.2) is 17.2 Å². The van der Waals surface area contributed by atoms with E-state index in [-0.39, 0.29) is 5.97 Å². The highest BCUT2D eigenvalue weighted by Crippen LogP contribution is 2.43. The fourth-order valence-electron chi connectivity index (χ4n) is 2.84. The molecule has 0 unspecified atom stereocenters. The van der Waals surface area contributed by atoms with Crippen molar-refractivity contribution >= 4 is 16.9 Å². The van der Waals surface area contributed by atoms with Crippen LogP contribution in [0.25, 0.3) is 10.9 Å². The lowest BCUT2D eigenvalue weighted by Gasteiger charge is -2.13. The minimum absolute atomic E-state index is 0.329. The summed E-state index contributed by atoms with van der Waals surface area (Å²) >= 11 is 0.